The summed E-state index contributed by atoms with van der Waals surface area (Å²) in [6, 6.07) is 9.97. The van der Waals surface area contributed by atoms with Crippen LogP contribution in [0.4, 0.5) is 10.1 Å². The van der Waals surface area contributed by atoms with Gasteiger partial charge in [0.15, 0.2) is 5.15 Å². The Kier molecular flexibility index (Phi) is 3.37. The third-order valence-corrected chi connectivity index (χ3v) is 2.46. The first kappa shape index (κ1) is 10.9. The van der Waals surface area contributed by atoms with Gasteiger partial charge in [0.05, 0.1) is 5.69 Å². The van der Waals surface area contributed by atoms with Crippen LogP contribution >= 0.6 is 11.6 Å². The van der Waals surface area contributed by atoms with E-state index in [9.17, 15) is 4.39 Å². The monoisotopic (exact) mass is 236 g/mol. The van der Waals surface area contributed by atoms with E-state index >= 15 is 0 Å². The number of halogens is 2. The first-order chi connectivity index (χ1) is 7.75. The van der Waals surface area contributed by atoms with Gasteiger partial charge in [-0.05, 0) is 29.8 Å². The summed E-state index contributed by atoms with van der Waals surface area (Å²) in [4.78, 5) is 3.95. The second-order valence-electron chi connectivity index (χ2n) is 3.32. The van der Waals surface area contributed by atoms with E-state index in [-0.39, 0.29) is 5.82 Å². The zero-order valence-corrected chi connectivity index (χ0v) is 9.21. The summed E-state index contributed by atoms with van der Waals surface area (Å²) in [6.07, 6.45) is 1.63. The molecule has 0 radical (unpaired) electrons. The number of rotatable bonds is 3. The Bertz CT molecular complexity index is 471. The van der Waals surface area contributed by atoms with Gasteiger partial charge in [0.2, 0.25) is 0 Å². The molecule has 1 aromatic heterocycles. The molecule has 1 heterocycles. The lowest BCUT2D eigenvalue weighted by Gasteiger charge is -2.07. The number of pyridine rings is 1. The van der Waals surface area contributed by atoms with Gasteiger partial charge in [0.1, 0.15) is 5.82 Å². The number of aromatic nitrogens is 1. The minimum absolute atomic E-state index is 0.233. The van der Waals surface area contributed by atoms with Crippen LogP contribution in [0.15, 0.2) is 42.6 Å². The molecule has 0 spiro atoms. The molecule has 0 saturated carbocycles. The number of nitrogens with zero attached hydrogens (tertiary/aromatic N) is 1. The van der Waals surface area contributed by atoms with E-state index in [0.717, 1.165) is 11.3 Å². The highest BCUT2D eigenvalue weighted by molar-refractivity contribution is 6.31. The fraction of sp³-hybridized carbons (Fsp3) is 0.0833. The zero-order chi connectivity index (χ0) is 11.4. The number of nitrogens with one attached hydrogen (secondary N) is 1. The summed E-state index contributed by atoms with van der Waals surface area (Å²) in [6.45, 7) is 0.589. The maximum atomic E-state index is 12.7. The lowest BCUT2D eigenvalue weighted by molar-refractivity contribution is 0.627. The van der Waals surface area contributed by atoms with Gasteiger partial charge >= 0.3 is 0 Å². The summed E-state index contributed by atoms with van der Waals surface area (Å²) in [7, 11) is 0. The molecule has 82 valence electrons. The zero-order valence-electron chi connectivity index (χ0n) is 8.45. The van der Waals surface area contributed by atoms with E-state index in [1.807, 2.05) is 6.07 Å². The maximum Gasteiger partial charge on any atom is 0.152 e. The molecule has 2 aromatic rings. The molecule has 16 heavy (non-hydrogen) atoms. The minimum Gasteiger partial charge on any atom is -0.378 e. The molecule has 0 unspecified atom stereocenters. The molecular weight excluding hydrogens is 227 g/mol. The molecule has 2 rings (SSSR count). The normalized spacial score (nSPS) is 10.1. The third-order valence-electron chi connectivity index (χ3n) is 2.16. The van der Waals surface area contributed by atoms with E-state index in [1.165, 1.54) is 12.1 Å². The van der Waals surface area contributed by atoms with E-state index in [4.69, 9.17) is 11.6 Å². The van der Waals surface area contributed by atoms with Gasteiger partial charge in [-0.3, -0.25) is 0 Å². The van der Waals surface area contributed by atoms with E-state index in [1.54, 1.807) is 24.4 Å². The van der Waals surface area contributed by atoms with Crippen molar-refractivity contribution in [3.8, 4) is 0 Å². The Morgan fingerprint density at radius 1 is 1.19 bits per heavy atom. The fourth-order valence-corrected chi connectivity index (χ4v) is 1.50. The van der Waals surface area contributed by atoms with E-state index < -0.39 is 0 Å². The predicted octanol–water partition coefficient (Wildman–Crippen LogP) is 3.49. The standard InChI is InChI=1S/C12H10ClFN2/c13-12-11(2-1-7-15-12)16-8-9-3-5-10(14)6-4-9/h1-7,16H,8H2. The molecule has 0 amide bonds. The topological polar surface area (TPSA) is 24.9 Å². The highest BCUT2D eigenvalue weighted by Crippen LogP contribution is 2.18. The van der Waals surface area contributed by atoms with Crippen molar-refractivity contribution in [2.24, 2.45) is 0 Å². The summed E-state index contributed by atoms with van der Waals surface area (Å²) in [5, 5.41) is 3.57. The van der Waals surface area contributed by atoms with Crippen molar-refractivity contribution in [3.05, 3.63) is 59.1 Å². The Morgan fingerprint density at radius 2 is 1.94 bits per heavy atom. The molecule has 0 saturated heterocycles. The second-order valence-corrected chi connectivity index (χ2v) is 3.68. The van der Waals surface area contributed by atoms with Crippen molar-refractivity contribution >= 4 is 17.3 Å². The molecule has 2 nitrogen and oxygen atoms in total. The van der Waals surface area contributed by atoms with Gasteiger partial charge in [0.25, 0.3) is 0 Å². The summed E-state index contributed by atoms with van der Waals surface area (Å²) >= 11 is 5.88. The molecule has 1 N–H and O–H groups in total. The Hall–Kier alpha value is -1.61. The molecule has 0 aliphatic heterocycles. The Labute approximate surface area is 98.1 Å². The average molecular weight is 237 g/mol. The molecule has 0 atom stereocenters. The highest BCUT2D eigenvalue weighted by atomic mass is 35.5. The van der Waals surface area contributed by atoms with Gasteiger partial charge in [-0.2, -0.15) is 0 Å². The number of hydrogen-bond acceptors (Lipinski definition) is 2. The molecule has 0 aliphatic rings. The molecule has 4 heteroatoms. The number of benzene rings is 1. The van der Waals surface area contributed by atoms with Crippen LogP contribution in [0.1, 0.15) is 5.56 Å². The molecule has 0 bridgehead atoms. The van der Waals surface area contributed by atoms with Crippen molar-refractivity contribution in [2.45, 2.75) is 6.54 Å². The van der Waals surface area contributed by atoms with Crippen LogP contribution in [0.5, 0.6) is 0 Å². The summed E-state index contributed by atoms with van der Waals surface area (Å²) in [5.41, 5.74) is 1.76. The smallest absolute Gasteiger partial charge is 0.152 e. The van der Waals surface area contributed by atoms with Crippen molar-refractivity contribution in [2.75, 3.05) is 5.32 Å². The number of hydrogen-bond donors (Lipinski definition) is 1. The van der Waals surface area contributed by atoms with Gasteiger partial charge in [-0.1, -0.05) is 23.7 Å². The second kappa shape index (κ2) is 4.94. The quantitative estimate of drug-likeness (QED) is 0.826. The molecule has 1 aromatic carbocycles. The van der Waals surface area contributed by atoms with Crippen molar-refractivity contribution in [1.29, 1.82) is 0 Å². The predicted molar refractivity (Wildman–Crippen MR) is 63.0 cm³/mol. The van der Waals surface area contributed by atoms with Gasteiger partial charge in [0, 0.05) is 12.7 Å². The minimum atomic E-state index is -0.233. The largest absolute Gasteiger partial charge is 0.378 e. The van der Waals surface area contributed by atoms with Crippen LogP contribution in [-0.2, 0) is 6.54 Å². The van der Waals surface area contributed by atoms with Crippen LogP contribution in [0, 0.1) is 5.82 Å². The van der Waals surface area contributed by atoms with Crippen molar-refractivity contribution < 1.29 is 4.39 Å². The maximum absolute atomic E-state index is 12.7. The van der Waals surface area contributed by atoms with Crippen LogP contribution < -0.4 is 5.32 Å². The highest BCUT2D eigenvalue weighted by Gasteiger charge is 1.99. The SMILES string of the molecule is Fc1ccc(CNc2cccnc2Cl)cc1. The summed E-state index contributed by atoms with van der Waals surface area (Å²) in [5.74, 6) is -0.233. The van der Waals surface area contributed by atoms with E-state index in [2.05, 4.69) is 10.3 Å². The lowest BCUT2D eigenvalue weighted by Crippen LogP contribution is -2.00. The first-order valence-corrected chi connectivity index (χ1v) is 5.22. The van der Waals surface area contributed by atoms with Crippen LogP contribution in [0.25, 0.3) is 0 Å². The van der Waals surface area contributed by atoms with Gasteiger partial charge in [-0.25, -0.2) is 9.37 Å². The third kappa shape index (κ3) is 2.70. The van der Waals surface area contributed by atoms with Gasteiger partial charge in [-0.15, -0.1) is 0 Å². The molecule has 0 fully saturated rings. The Morgan fingerprint density at radius 3 is 2.62 bits per heavy atom. The number of anilines is 1. The summed E-state index contributed by atoms with van der Waals surface area (Å²) < 4.78 is 12.7. The molecule has 0 aliphatic carbocycles. The Balaban J connectivity index is 2.02. The lowest BCUT2D eigenvalue weighted by atomic mass is 10.2. The van der Waals surface area contributed by atoms with Crippen molar-refractivity contribution in [1.82, 2.24) is 4.98 Å². The fourth-order valence-electron chi connectivity index (χ4n) is 1.32. The molecular formula is C12H10ClFN2. The first-order valence-electron chi connectivity index (χ1n) is 4.84. The van der Waals surface area contributed by atoms with Crippen LogP contribution in [0.3, 0.4) is 0 Å². The van der Waals surface area contributed by atoms with Crippen LogP contribution in [0.2, 0.25) is 5.15 Å². The van der Waals surface area contributed by atoms with Crippen molar-refractivity contribution in [3.63, 3.8) is 0 Å². The van der Waals surface area contributed by atoms with E-state index in [0.29, 0.717) is 11.7 Å². The van der Waals surface area contributed by atoms with Crippen LogP contribution in [-0.4, -0.2) is 4.98 Å². The average Bonchev–Trinajstić information content (AvgIpc) is 2.30. The van der Waals surface area contributed by atoms with Gasteiger partial charge < -0.3 is 5.32 Å².